The Morgan fingerprint density at radius 1 is 0.300 bits per heavy atom. The van der Waals surface area contributed by atoms with Crippen LogP contribution in [0, 0.1) is 0 Å². The zero-order valence-electron chi connectivity index (χ0n) is 33.0. The van der Waals surface area contributed by atoms with Gasteiger partial charge in [-0.1, -0.05) is 194 Å². The van der Waals surface area contributed by atoms with E-state index < -0.39 is 0 Å². The molecule has 11 rings (SSSR count). The molecule has 0 spiro atoms. The summed E-state index contributed by atoms with van der Waals surface area (Å²) in [7, 11) is 0. The van der Waals surface area contributed by atoms with Gasteiger partial charge in [0.15, 0.2) is 0 Å². The standard InChI is InChI=1S/C58H40N2/c1-4-17-41(18-5-1)42-33-35-45(36-34-42)53-30-16-32-56-58(53)54-38-37-49(40-57(54)60(56)47-24-8-3-9-25-47)59(55-31-13-12-28-52(55)44-19-6-2-7-20-44)48-26-14-23-46(39-48)51-29-15-22-43-21-10-11-27-50(43)51/h1-40H. The van der Waals surface area contributed by atoms with Crippen LogP contribution in [0.2, 0.25) is 0 Å². The zero-order chi connectivity index (χ0) is 39.8. The molecule has 0 aliphatic rings. The predicted octanol–water partition coefficient (Wildman–Crippen LogP) is 16.1. The third kappa shape index (κ3) is 6.23. The Bertz CT molecular complexity index is 3290. The summed E-state index contributed by atoms with van der Waals surface area (Å²) in [5, 5.41) is 4.93. The molecule has 0 radical (unpaired) electrons. The van der Waals surface area contributed by atoms with Crippen molar-refractivity contribution in [3.63, 3.8) is 0 Å². The summed E-state index contributed by atoms with van der Waals surface area (Å²) in [5.41, 5.74) is 16.3. The Kier molecular flexibility index (Phi) is 8.87. The van der Waals surface area contributed by atoms with Gasteiger partial charge >= 0.3 is 0 Å². The second kappa shape index (κ2) is 15.1. The molecule has 0 aliphatic heterocycles. The van der Waals surface area contributed by atoms with Gasteiger partial charge in [0.1, 0.15) is 0 Å². The number of rotatable bonds is 8. The highest BCUT2D eigenvalue weighted by molar-refractivity contribution is 6.16. The summed E-state index contributed by atoms with van der Waals surface area (Å²) in [4.78, 5) is 2.44. The van der Waals surface area contributed by atoms with Crippen molar-refractivity contribution in [2.45, 2.75) is 0 Å². The highest BCUT2D eigenvalue weighted by atomic mass is 15.1. The van der Waals surface area contributed by atoms with Crippen LogP contribution in [-0.2, 0) is 0 Å². The minimum atomic E-state index is 1.08. The van der Waals surface area contributed by atoms with Crippen molar-refractivity contribution in [1.29, 1.82) is 0 Å². The maximum Gasteiger partial charge on any atom is 0.0562 e. The van der Waals surface area contributed by atoms with Crippen LogP contribution in [0.1, 0.15) is 0 Å². The lowest BCUT2D eigenvalue weighted by atomic mass is 9.96. The van der Waals surface area contributed by atoms with E-state index in [1.165, 1.54) is 71.6 Å². The molecule has 0 bridgehead atoms. The quantitative estimate of drug-likeness (QED) is 0.150. The molecule has 1 heterocycles. The monoisotopic (exact) mass is 764 g/mol. The fraction of sp³-hybridized carbons (Fsp3) is 0. The van der Waals surface area contributed by atoms with Gasteiger partial charge < -0.3 is 9.47 Å². The second-order valence-corrected chi connectivity index (χ2v) is 15.3. The van der Waals surface area contributed by atoms with Gasteiger partial charge in [-0.15, -0.1) is 0 Å². The summed E-state index contributed by atoms with van der Waals surface area (Å²) in [5.74, 6) is 0. The van der Waals surface area contributed by atoms with Gasteiger partial charge in [0.2, 0.25) is 0 Å². The van der Waals surface area contributed by atoms with Crippen molar-refractivity contribution in [2.75, 3.05) is 4.90 Å². The highest BCUT2D eigenvalue weighted by Crippen LogP contribution is 2.45. The van der Waals surface area contributed by atoms with E-state index in [4.69, 9.17) is 0 Å². The molecule has 0 unspecified atom stereocenters. The molecule has 0 atom stereocenters. The van der Waals surface area contributed by atoms with Gasteiger partial charge in [0, 0.05) is 33.4 Å². The third-order valence-electron chi connectivity index (χ3n) is 11.8. The summed E-state index contributed by atoms with van der Waals surface area (Å²) in [6, 6.07) is 87.9. The van der Waals surface area contributed by atoms with Crippen molar-refractivity contribution in [1.82, 2.24) is 4.57 Å². The van der Waals surface area contributed by atoms with Crippen molar-refractivity contribution in [3.05, 3.63) is 243 Å². The molecule has 0 fully saturated rings. The van der Waals surface area contributed by atoms with Gasteiger partial charge in [-0.2, -0.15) is 0 Å². The van der Waals surface area contributed by atoms with Gasteiger partial charge in [-0.05, 0) is 98.2 Å². The van der Waals surface area contributed by atoms with E-state index in [2.05, 4.69) is 252 Å². The molecule has 2 heteroatoms. The Morgan fingerprint density at radius 3 is 1.67 bits per heavy atom. The molecule has 0 N–H and O–H groups in total. The SMILES string of the molecule is c1ccc(-c2ccc(-c3cccc4c3c3ccc(N(c5cccc(-c6cccc7ccccc67)c5)c5ccccc5-c5ccccc5)cc3n4-c3ccccc3)cc2)cc1. The first-order chi connectivity index (χ1) is 29.8. The normalized spacial score (nSPS) is 11.3. The lowest BCUT2D eigenvalue weighted by Gasteiger charge is -2.28. The number of hydrogen-bond donors (Lipinski definition) is 0. The summed E-state index contributed by atoms with van der Waals surface area (Å²) in [6.07, 6.45) is 0. The number of hydrogen-bond acceptors (Lipinski definition) is 1. The number of para-hydroxylation sites is 2. The molecular weight excluding hydrogens is 725 g/mol. The fourth-order valence-corrected chi connectivity index (χ4v) is 9.01. The number of aromatic nitrogens is 1. The van der Waals surface area contributed by atoms with E-state index in [-0.39, 0.29) is 0 Å². The largest absolute Gasteiger partial charge is 0.310 e. The number of fused-ring (bicyclic) bond motifs is 4. The van der Waals surface area contributed by atoms with Crippen molar-refractivity contribution in [3.8, 4) is 50.2 Å². The third-order valence-corrected chi connectivity index (χ3v) is 11.8. The summed E-state index contributed by atoms with van der Waals surface area (Å²) >= 11 is 0. The van der Waals surface area contributed by atoms with Crippen LogP contribution >= 0.6 is 0 Å². The summed E-state index contributed by atoms with van der Waals surface area (Å²) in [6.45, 7) is 0. The van der Waals surface area contributed by atoms with E-state index >= 15 is 0 Å². The molecule has 10 aromatic carbocycles. The van der Waals surface area contributed by atoms with Gasteiger partial charge in [-0.3, -0.25) is 0 Å². The first-order valence-corrected chi connectivity index (χ1v) is 20.6. The second-order valence-electron chi connectivity index (χ2n) is 15.3. The van der Waals surface area contributed by atoms with Crippen LogP contribution in [0.4, 0.5) is 17.1 Å². The van der Waals surface area contributed by atoms with E-state index in [9.17, 15) is 0 Å². The van der Waals surface area contributed by atoms with Crippen LogP contribution in [0.5, 0.6) is 0 Å². The Morgan fingerprint density at radius 2 is 0.850 bits per heavy atom. The Labute approximate surface area is 350 Å². The maximum absolute atomic E-state index is 2.44. The number of anilines is 3. The van der Waals surface area contributed by atoms with Gasteiger partial charge in [0.05, 0.1) is 16.7 Å². The van der Waals surface area contributed by atoms with E-state index in [0.717, 1.165) is 28.3 Å². The maximum atomic E-state index is 2.44. The van der Waals surface area contributed by atoms with Crippen LogP contribution in [0.15, 0.2) is 243 Å². The Hall–Kier alpha value is -7.94. The predicted molar refractivity (Wildman–Crippen MR) is 255 cm³/mol. The average Bonchev–Trinajstić information content (AvgIpc) is 3.66. The van der Waals surface area contributed by atoms with E-state index in [1.54, 1.807) is 0 Å². The number of nitrogens with zero attached hydrogens (tertiary/aromatic N) is 2. The smallest absolute Gasteiger partial charge is 0.0562 e. The zero-order valence-corrected chi connectivity index (χ0v) is 33.0. The van der Waals surface area contributed by atoms with Crippen LogP contribution in [-0.4, -0.2) is 4.57 Å². The molecule has 1 aromatic heterocycles. The average molecular weight is 765 g/mol. The molecule has 0 aliphatic carbocycles. The number of benzene rings is 10. The molecular formula is C58H40N2. The summed E-state index contributed by atoms with van der Waals surface area (Å²) < 4.78 is 2.43. The van der Waals surface area contributed by atoms with E-state index in [1.807, 2.05) is 0 Å². The van der Waals surface area contributed by atoms with Crippen LogP contribution in [0.3, 0.4) is 0 Å². The fourth-order valence-electron chi connectivity index (χ4n) is 9.01. The first kappa shape index (κ1) is 35.2. The molecule has 0 amide bonds. The lowest BCUT2D eigenvalue weighted by molar-refractivity contribution is 1.18. The molecule has 60 heavy (non-hydrogen) atoms. The highest BCUT2D eigenvalue weighted by Gasteiger charge is 2.22. The van der Waals surface area contributed by atoms with Gasteiger partial charge in [0.25, 0.3) is 0 Å². The van der Waals surface area contributed by atoms with Crippen molar-refractivity contribution < 1.29 is 0 Å². The van der Waals surface area contributed by atoms with Crippen molar-refractivity contribution in [2.24, 2.45) is 0 Å². The molecule has 0 saturated heterocycles. The molecule has 282 valence electrons. The van der Waals surface area contributed by atoms with E-state index in [0.29, 0.717) is 0 Å². The Balaban J connectivity index is 1.14. The first-order valence-electron chi connectivity index (χ1n) is 20.6. The lowest BCUT2D eigenvalue weighted by Crippen LogP contribution is -2.11. The molecule has 2 nitrogen and oxygen atoms in total. The van der Waals surface area contributed by atoms with Crippen LogP contribution in [0.25, 0.3) is 82.8 Å². The molecule has 11 aromatic rings. The topological polar surface area (TPSA) is 8.17 Å². The van der Waals surface area contributed by atoms with Crippen molar-refractivity contribution >= 4 is 49.6 Å². The van der Waals surface area contributed by atoms with Gasteiger partial charge in [-0.25, -0.2) is 0 Å². The minimum absolute atomic E-state index is 1.08. The molecule has 0 saturated carbocycles. The minimum Gasteiger partial charge on any atom is -0.310 e. The van der Waals surface area contributed by atoms with Crippen LogP contribution < -0.4 is 4.90 Å².